The Hall–Kier alpha value is -5.06. The molecule has 0 aromatic carbocycles. The summed E-state index contributed by atoms with van der Waals surface area (Å²) in [7, 11) is 0. The molecule has 0 spiro atoms. The van der Waals surface area contributed by atoms with E-state index in [2.05, 4.69) is 42.2 Å². The summed E-state index contributed by atoms with van der Waals surface area (Å²) < 4.78 is 0. The minimum absolute atomic E-state index is 0.0144. The molecule has 0 aromatic rings. The summed E-state index contributed by atoms with van der Waals surface area (Å²) in [5.74, 6) is -5.78. The Morgan fingerprint density at radius 2 is 1.72 bits per heavy atom. The van der Waals surface area contributed by atoms with Crippen LogP contribution in [0.5, 0.6) is 0 Å². The lowest BCUT2D eigenvalue weighted by atomic mass is 10.0. The van der Waals surface area contributed by atoms with Gasteiger partial charge in [-0.25, -0.2) is 4.79 Å². The van der Waals surface area contributed by atoms with Crippen LogP contribution in [0.15, 0.2) is 16.9 Å². The van der Waals surface area contributed by atoms with Crippen LogP contribution in [0.25, 0.3) is 0 Å². The first kappa shape index (κ1) is 37.1. The van der Waals surface area contributed by atoms with Crippen molar-refractivity contribution in [3.63, 3.8) is 0 Å². The maximum atomic E-state index is 13.4. The lowest BCUT2D eigenvalue weighted by Crippen LogP contribution is -2.64. The van der Waals surface area contributed by atoms with E-state index in [0.29, 0.717) is 6.42 Å². The molecular weight excluding hydrogens is 612 g/mol. The Labute approximate surface area is 262 Å². The molecule has 0 aromatic heterocycles. The Balaban J connectivity index is 2.49. The predicted molar refractivity (Wildman–Crippen MR) is 160 cm³/mol. The molecule has 0 bridgehead atoms. The molecule has 8 amide bonds. The normalized spacial score (nSPS) is 26.6. The molecule has 46 heavy (non-hydrogen) atoms. The van der Waals surface area contributed by atoms with Crippen molar-refractivity contribution in [2.75, 3.05) is 32.8 Å². The van der Waals surface area contributed by atoms with E-state index in [1.165, 1.54) is 0 Å². The number of hydrogen-bond acceptors (Lipinski definition) is 14. The molecular formula is C24H42N14O8. The third kappa shape index (κ3) is 11.5. The number of rotatable bonds is 9. The van der Waals surface area contributed by atoms with Crippen molar-refractivity contribution in [2.45, 2.75) is 55.5 Å². The molecule has 22 nitrogen and oxygen atoms in total. The lowest BCUT2D eigenvalue weighted by Gasteiger charge is -2.31. The minimum Gasteiger partial charge on any atom is -0.394 e. The summed E-state index contributed by atoms with van der Waals surface area (Å²) in [4.78, 5) is 93.7. The summed E-state index contributed by atoms with van der Waals surface area (Å²) >= 11 is 0. The van der Waals surface area contributed by atoms with Crippen molar-refractivity contribution in [2.24, 2.45) is 33.7 Å². The van der Waals surface area contributed by atoms with Crippen LogP contribution in [0.3, 0.4) is 0 Å². The van der Waals surface area contributed by atoms with Gasteiger partial charge in [0.05, 0.1) is 18.7 Å². The number of aliphatic hydroxyl groups is 1. The van der Waals surface area contributed by atoms with Gasteiger partial charge in [-0.05, 0) is 25.8 Å². The average Bonchev–Trinajstić information content (AvgIpc) is 3.02. The van der Waals surface area contributed by atoms with Crippen LogP contribution in [-0.4, -0.2) is 122 Å². The summed E-state index contributed by atoms with van der Waals surface area (Å²) in [6.45, 7) is -1.51. The number of guanidine groups is 1. The predicted octanol–water partition coefficient (Wildman–Crippen LogP) is -8.62. The highest BCUT2D eigenvalue weighted by Crippen LogP contribution is 2.07. The van der Waals surface area contributed by atoms with E-state index in [4.69, 9.17) is 28.7 Å². The van der Waals surface area contributed by atoms with Crippen LogP contribution in [0.4, 0.5) is 4.79 Å². The quantitative estimate of drug-likeness (QED) is 0.103. The smallest absolute Gasteiger partial charge is 0.316 e. The second-order valence-electron chi connectivity index (χ2n) is 10.3. The van der Waals surface area contributed by atoms with E-state index < -0.39 is 103 Å². The van der Waals surface area contributed by atoms with Crippen molar-refractivity contribution < 1.29 is 38.7 Å². The van der Waals surface area contributed by atoms with Crippen molar-refractivity contribution in [3.8, 4) is 0 Å². The van der Waals surface area contributed by atoms with Crippen LogP contribution < -0.4 is 71.2 Å². The lowest BCUT2D eigenvalue weighted by molar-refractivity contribution is -0.134. The number of aliphatic hydroxyl groups excluding tert-OH is 1. The molecule has 0 aliphatic carbocycles. The summed E-state index contributed by atoms with van der Waals surface area (Å²) in [5, 5.41) is 28.6. The molecule has 2 heterocycles. The maximum absolute atomic E-state index is 13.4. The van der Waals surface area contributed by atoms with Crippen molar-refractivity contribution in [3.05, 3.63) is 11.9 Å². The number of nitrogens with one attached hydrogen (secondary N) is 8. The average molecular weight is 655 g/mol. The molecule has 0 unspecified atom stereocenters. The Morgan fingerprint density at radius 3 is 2.35 bits per heavy atom. The Morgan fingerprint density at radius 1 is 1.02 bits per heavy atom. The number of amides is 8. The second kappa shape index (κ2) is 18.0. The van der Waals surface area contributed by atoms with Crippen molar-refractivity contribution >= 4 is 47.4 Å². The minimum atomic E-state index is -1.65. The van der Waals surface area contributed by atoms with Gasteiger partial charge in [-0.1, -0.05) is 0 Å². The fraction of sp³-hybridized carbons (Fsp3) is 0.583. The number of hydrogen-bond donors (Lipinski definition) is 14. The number of nitrogens with zero attached hydrogens (tertiary/aromatic N) is 1. The van der Waals surface area contributed by atoms with Gasteiger partial charge in [0.2, 0.25) is 29.5 Å². The van der Waals surface area contributed by atoms with Crippen molar-refractivity contribution in [1.82, 2.24) is 42.5 Å². The number of primary amides is 1. The molecule has 0 radical (unpaired) electrons. The van der Waals surface area contributed by atoms with Gasteiger partial charge in [-0.2, -0.15) is 0 Å². The van der Waals surface area contributed by atoms with Gasteiger partial charge in [0, 0.05) is 25.8 Å². The number of carbonyl (C=O) groups excluding carboxylic acids is 7. The zero-order valence-electron chi connectivity index (χ0n) is 24.8. The van der Waals surface area contributed by atoms with Crippen LogP contribution in [0, 0.1) is 0 Å². The molecule has 1 fully saturated rings. The molecule has 2 rings (SSSR count). The molecule has 1 saturated heterocycles. The first-order valence-electron chi connectivity index (χ1n) is 14.2. The number of nitrogens with two attached hydrogens (primary N) is 5. The molecule has 0 saturated carbocycles. The summed E-state index contributed by atoms with van der Waals surface area (Å²) in [6, 6.07) is -9.04. The molecule has 256 valence electrons. The van der Waals surface area contributed by atoms with E-state index in [-0.39, 0.29) is 31.9 Å². The van der Waals surface area contributed by atoms with E-state index in [0.717, 1.165) is 6.20 Å². The molecule has 22 heteroatoms. The highest BCUT2D eigenvalue weighted by Gasteiger charge is 2.35. The van der Waals surface area contributed by atoms with Crippen LogP contribution >= 0.6 is 0 Å². The van der Waals surface area contributed by atoms with Crippen LogP contribution in [0.1, 0.15) is 19.3 Å². The maximum Gasteiger partial charge on any atom is 0.316 e. The second-order valence-corrected chi connectivity index (χ2v) is 10.3. The van der Waals surface area contributed by atoms with Gasteiger partial charge < -0.3 is 76.3 Å². The first-order valence-corrected chi connectivity index (χ1v) is 14.2. The SMILES string of the molecule is NCCC[C@H](N)C(=O)NC[C@H]1NC(=O)[C@H](CO)NC(=O)[C@H](N)CNC(=O)[C@H]([C@H]2CCN=C(N)N2)NC(=O)/C(=C/NC(N)=O)NC1=O. The molecule has 2 aliphatic rings. The fourth-order valence-electron chi connectivity index (χ4n) is 4.14. The van der Waals surface area contributed by atoms with Gasteiger partial charge in [-0.3, -0.25) is 33.8 Å². The highest BCUT2D eigenvalue weighted by atomic mass is 16.3. The number of aliphatic imine (C=N–C) groups is 1. The van der Waals surface area contributed by atoms with Gasteiger partial charge in [0.15, 0.2) is 5.96 Å². The van der Waals surface area contributed by atoms with E-state index in [1.807, 2.05) is 5.32 Å². The van der Waals surface area contributed by atoms with Gasteiger partial charge >= 0.3 is 6.03 Å². The number of urea groups is 1. The topological polar surface area (TPSA) is 378 Å². The molecule has 6 atom stereocenters. The largest absolute Gasteiger partial charge is 0.394 e. The van der Waals surface area contributed by atoms with Gasteiger partial charge in [0.1, 0.15) is 29.9 Å². The Bertz CT molecular complexity index is 1230. The summed E-state index contributed by atoms with van der Waals surface area (Å²) in [5.41, 5.74) is 27.4. The zero-order valence-corrected chi connectivity index (χ0v) is 24.8. The van der Waals surface area contributed by atoms with E-state index >= 15 is 0 Å². The highest BCUT2D eigenvalue weighted by molar-refractivity contribution is 6.02. The number of carbonyl (C=O) groups is 7. The third-order valence-corrected chi connectivity index (χ3v) is 6.71. The third-order valence-electron chi connectivity index (χ3n) is 6.71. The monoisotopic (exact) mass is 654 g/mol. The van der Waals surface area contributed by atoms with E-state index in [1.54, 1.807) is 0 Å². The standard InChI is InChI=1S/C24H42N14O8/c25-4-1-2-10(26)17(40)32-7-13-19(42)34-14(8-33-24(29)46)20(43)38-16(12-3-5-30-23(28)37-12)22(45)31-6-11(27)18(41)36-15(9-39)21(44)35-13/h8,10-13,15-16,39H,1-7,9,25-27H2,(H,31,45)(H,32,40)(H,34,42)(H,35,44)(H,36,41)(H,38,43)(H3,28,30,37)(H3,29,33,46)/b14-8-/t10-,11+,12+,13+,15-,16-/m0/s1. The fourth-order valence-corrected chi connectivity index (χ4v) is 4.14. The zero-order chi connectivity index (χ0) is 34.4. The molecule has 2 aliphatic heterocycles. The molecule has 19 N–H and O–H groups in total. The Kier molecular flexibility index (Phi) is 14.6. The first-order chi connectivity index (χ1) is 21.8. The van der Waals surface area contributed by atoms with Crippen molar-refractivity contribution in [1.29, 1.82) is 0 Å². The van der Waals surface area contributed by atoms with Crippen LogP contribution in [0.2, 0.25) is 0 Å². The van der Waals surface area contributed by atoms with Gasteiger partial charge in [0.25, 0.3) is 5.91 Å². The van der Waals surface area contributed by atoms with Crippen LogP contribution in [-0.2, 0) is 28.8 Å². The van der Waals surface area contributed by atoms with E-state index in [9.17, 15) is 38.7 Å². The van der Waals surface area contributed by atoms with Gasteiger partial charge in [-0.15, -0.1) is 0 Å². The summed E-state index contributed by atoms with van der Waals surface area (Å²) in [6.07, 6.45) is 1.61.